The summed E-state index contributed by atoms with van der Waals surface area (Å²) in [6.45, 7) is 1.93. The Balaban J connectivity index is 1.41. The van der Waals surface area contributed by atoms with Crippen LogP contribution in [0.15, 0.2) is 48.8 Å². The zero-order valence-corrected chi connectivity index (χ0v) is 16.9. The molecule has 152 valence electrons. The van der Waals surface area contributed by atoms with Gasteiger partial charge in [0.05, 0.1) is 6.20 Å². The number of nitrogens with one attached hydrogen (secondary N) is 3. The third-order valence-corrected chi connectivity index (χ3v) is 5.79. The van der Waals surface area contributed by atoms with Gasteiger partial charge in [0, 0.05) is 29.4 Å². The van der Waals surface area contributed by atoms with Crippen molar-refractivity contribution in [1.29, 1.82) is 10.8 Å². The van der Waals surface area contributed by atoms with E-state index < -0.39 is 0 Å². The normalized spacial score (nSPS) is 15.8. The maximum Gasteiger partial charge on any atom is 0.274 e. The van der Waals surface area contributed by atoms with Crippen molar-refractivity contribution < 1.29 is 4.79 Å². The van der Waals surface area contributed by atoms with E-state index in [1.807, 2.05) is 54.4 Å². The van der Waals surface area contributed by atoms with E-state index in [1.165, 1.54) is 0 Å². The summed E-state index contributed by atoms with van der Waals surface area (Å²) in [6, 6.07) is 11.5. The highest BCUT2D eigenvalue weighted by Gasteiger charge is 2.39. The van der Waals surface area contributed by atoms with E-state index >= 15 is 0 Å². The summed E-state index contributed by atoms with van der Waals surface area (Å²) in [5.41, 5.74) is 3.48. The molecule has 3 aromatic rings. The second-order valence-electron chi connectivity index (χ2n) is 8.17. The minimum Gasteiger partial charge on any atom is -0.320 e. The number of carbonyl (C=O) groups excluding carboxylic acids is 1. The van der Waals surface area contributed by atoms with Gasteiger partial charge >= 0.3 is 0 Å². The number of imidazole rings is 1. The van der Waals surface area contributed by atoms with Gasteiger partial charge in [-0.3, -0.25) is 20.0 Å². The highest BCUT2D eigenvalue weighted by molar-refractivity contribution is 6.10. The minimum absolute atomic E-state index is 0.245. The number of anilines is 1. The number of benzene rings is 1. The lowest BCUT2D eigenvalue weighted by Gasteiger charge is -2.26. The van der Waals surface area contributed by atoms with E-state index in [0.717, 1.165) is 31.2 Å². The smallest absolute Gasteiger partial charge is 0.274 e. The van der Waals surface area contributed by atoms with Crippen LogP contribution in [0.4, 0.5) is 5.69 Å². The van der Waals surface area contributed by atoms with Crippen molar-refractivity contribution in [3.05, 3.63) is 65.6 Å². The van der Waals surface area contributed by atoms with Crippen molar-refractivity contribution in [1.82, 2.24) is 14.3 Å². The van der Waals surface area contributed by atoms with Crippen LogP contribution in [0.3, 0.4) is 0 Å². The zero-order chi connectivity index (χ0) is 20.8. The molecule has 0 spiro atoms. The van der Waals surface area contributed by atoms with E-state index in [0.29, 0.717) is 40.2 Å². The van der Waals surface area contributed by atoms with E-state index in [4.69, 9.17) is 10.8 Å². The number of nitrogens with zero attached hydrogens (tertiary/aromatic N) is 3. The summed E-state index contributed by atoms with van der Waals surface area (Å²) in [6.07, 6.45) is 7.53. The Kier molecular flexibility index (Phi) is 4.38. The number of pyridine rings is 1. The van der Waals surface area contributed by atoms with Crippen LogP contribution in [0.5, 0.6) is 0 Å². The number of rotatable bonds is 5. The SMILES string of the molecule is Cc1ccc(C(=N)N(C(=N)C2CC2)C2CC2)cc1NC(=O)c1cnc2ccccn12. The van der Waals surface area contributed by atoms with E-state index in [1.54, 1.807) is 10.6 Å². The number of fused-ring (bicyclic) bond motifs is 1. The van der Waals surface area contributed by atoms with Crippen LogP contribution >= 0.6 is 0 Å². The summed E-state index contributed by atoms with van der Waals surface area (Å²) < 4.78 is 1.75. The summed E-state index contributed by atoms with van der Waals surface area (Å²) in [7, 11) is 0. The van der Waals surface area contributed by atoms with Crippen molar-refractivity contribution in [2.45, 2.75) is 38.6 Å². The fraction of sp³-hybridized carbons (Fsp3) is 0.304. The van der Waals surface area contributed by atoms with Crippen molar-refractivity contribution in [2.75, 3.05) is 5.32 Å². The lowest BCUT2D eigenvalue weighted by atomic mass is 10.1. The third kappa shape index (κ3) is 3.36. The predicted octanol–water partition coefficient (Wildman–Crippen LogP) is 4.07. The molecule has 0 saturated heterocycles. The summed E-state index contributed by atoms with van der Waals surface area (Å²) in [5.74, 6) is 0.968. The molecule has 7 nitrogen and oxygen atoms in total. The summed E-state index contributed by atoms with van der Waals surface area (Å²) in [4.78, 5) is 19.1. The summed E-state index contributed by atoms with van der Waals surface area (Å²) >= 11 is 0. The average molecular weight is 400 g/mol. The largest absolute Gasteiger partial charge is 0.320 e. The third-order valence-electron chi connectivity index (χ3n) is 5.79. The van der Waals surface area contributed by atoms with Crippen LogP contribution in [0, 0.1) is 23.7 Å². The molecule has 2 aliphatic rings. The lowest BCUT2D eigenvalue weighted by molar-refractivity contribution is 0.102. The Morgan fingerprint density at radius 3 is 2.70 bits per heavy atom. The highest BCUT2D eigenvalue weighted by Crippen LogP contribution is 2.37. The molecule has 2 aromatic heterocycles. The van der Waals surface area contributed by atoms with Gasteiger partial charge in [0.25, 0.3) is 5.91 Å². The number of hydrogen-bond acceptors (Lipinski definition) is 4. The average Bonchev–Trinajstić information content (AvgIpc) is 3.67. The maximum absolute atomic E-state index is 12.9. The molecule has 7 heteroatoms. The molecule has 0 radical (unpaired) electrons. The van der Waals surface area contributed by atoms with E-state index in [-0.39, 0.29) is 11.9 Å². The molecular weight excluding hydrogens is 376 g/mol. The van der Waals surface area contributed by atoms with Crippen LogP contribution < -0.4 is 5.32 Å². The maximum atomic E-state index is 12.9. The summed E-state index contributed by atoms with van der Waals surface area (Å²) in [5, 5.41) is 20.2. The van der Waals surface area contributed by atoms with Crippen molar-refractivity contribution in [2.24, 2.45) is 5.92 Å². The molecular formula is C23H24N6O. The molecule has 1 amide bonds. The molecule has 2 fully saturated rings. The molecule has 2 heterocycles. The Morgan fingerprint density at radius 2 is 1.97 bits per heavy atom. The number of hydrogen-bond donors (Lipinski definition) is 3. The highest BCUT2D eigenvalue weighted by atomic mass is 16.1. The Hall–Kier alpha value is -3.48. The molecule has 5 rings (SSSR count). The fourth-order valence-electron chi connectivity index (χ4n) is 3.72. The molecule has 1 aromatic carbocycles. The van der Waals surface area contributed by atoms with Gasteiger partial charge in [-0.1, -0.05) is 18.2 Å². The Bertz CT molecular complexity index is 1170. The number of amidine groups is 2. The quantitative estimate of drug-likeness (QED) is 0.445. The molecule has 0 aliphatic heterocycles. The Morgan fingerprint density at radius 1 is 1.17 bits per heavy atom. The molecule has 3 N–H and O–H groups in total. The van der Waals surface area contributed by atoms with Gasteiger partial charge in [0.2, 0.25) is 0 Å². The van der Waals surface area contributed by atoms with Gasteiger partial charge in [-0.25, -0.2) is 4.98 Å². The number of amides is 1. The molecule has 2 saturated carbocycles. The van der Waals surface area contributed by atoms with E-state index in [2.05, 4.69) is 10.3 Å². The van der Waals surface area contributed by atoms with Crippen LogP contribution in [-0.4, -0.2) is 37.9 Å². The standard InChI is InChI=1S/C23H24N6O/c1-14-5-6-16(22(25)29(17-9-10-17)21(24)15-7-8-15)12-18(14)27-23(30)19-13-26-20-4-2-3-11-28(19)20/h2-6,11-13,15,17,24-25H,7-10H2,1H3,(H,27,30). The monoisotopic (exact) mass is 400 g/mol. The second kappa shape index (κ2) is 7.09. The van der Waals surface area contributed by atoms with Crippen molar-refractivity contribution in [3.8, 4) is 0 Å². The van der Waals surface area contributed by atoms with Gasteiger partial charge in [-0.15, -0.1) is 0 Å². The van der Waals surface area contributed by atoms with Gasteiger partial charge in [-0.05, 0) is 56.4 Å². The molecule has 0 atom stereocenters. The minimum atomic E-state index is -0.245. The fourth-order valence-corrected chi connectivity index (χ4v) is 3.72. The van der Waals surface area contributed by atoms with Crippen molar-refractivity contribution in [3.63, 3.8) is 0 Å². The molecule has 30 heavy (non-hydrogen) atoms. The van der Waals surface area contributed by atoms with Gasteiger partial charge in [-0.2, -0.15) is 0 Å². The van der Waals surface area contributed by atoms with Crippen LogP contribution in [0.1, 0.15) is 47.3 Å². The first-order chi connectivity index (χ1) is 14.5. The Labute approximate surface area is 174 Å². The second-order valence-corrected chi connectivity index (χ2v) is 8.17. The topological polar surface area (TPSA) is 97.3 Å². The van der Waals surface area contributed by atoms with E-state index in [9.17, 15) is 4.79 Å². The molecule has 0 bridgehead atoms. The number of aromatic nitrogens is 2. The molecule has 2 aliphatic carbocycles. The molecule has 0 unspecified atom stereocenters. The lowest BCUT2D eigenvalue weighted by Crippen LogP contribution is -2.39. The first-order valence-corrected chi connectivity index (χ1v) is 10.3. The van der Waals surface area contributed by atoms with Gasteiger partial charge < -0.3 is 10.2 Å². The first-order valence-electron chi connectivity index (χ1n) is 10.3. The zero-order valence-electron chi connectivity index (χ0n) is 16.9. The van der Waals surface area contributed by atoms with Crippen LogP contribution in [-0.2, 0) is 0 Å². The predicted molar refractivity (Wildman–Crippen MR) is 116 cm³/mol. The van der Waals surface area contributed by atoms with Crippen LogP contribution in [0.25, 0.3) is 5.65 Å². The number of carbonyl (C=O) groups is 1. The van der Waals surface area contributed by atoms with Gasteiger partial charge in [0.15, 0.2) is 0 Å². The number of aryl methyl sites for hydroxylation is 1. The first kappa shape index (κ1) is 18.5. The van der Waals surface area contributed by atoms with Gasteiger partial charge in [0.1, 0.15) is 23.0 Å². The van der Waals surface area contributed by atoms with Crippen LogP contribution in [0.2, 0.25) is 0 Å². The van der Waals surface area contributed by atoms with Crippen molar-refractivity contribution >= 4 is 28.9 Å².